The highest BCUT2D eigenvalue weighted by atomic mass is 16.3. The fourth-order valence-electron chi connectivity index (χ4n) is 3.54. The molecule has 6 nitrogen and oxygen atoms in total. The molecule has 0 amide bonds. The fourth-order valence-corrected chi connectivity index (χ4v) is 3.54. The average Bonchev–Trinajstić information content (AvgIpc) is 2.67. The van der Waals surface area contributed by atoms with E-state index in [1.165, 1.54) is 24.3 Å². The summed E-state index contributed by atoms with van der Waals surface area (Å²) in [5.74, 6) is -1.25. The number of rotatable bonds is 3. The van der Waals surface area contributed by atoms with Gasteiger partial charge in [-0.2, -0.15) is 0 Å². The van der Waals surface area contributed by atoms with E-state index in [2.05, 4.69) is 0 Å². The van der Waals surface area contributed by atoms with Crippen molar-refractivity contribution in [3.63, 3.8) is 0 Å². The van der Waals surface area contributed by atoms with Crippen LogP contribution >= 0.6 is 0 Å². The molecule has 0 aliphatic rings. The van der Waals surface area contributed by atoms with Crippen molar-refractivity contribution < 1.29 is 24.8 Å². The minimum atomic E-state index is -0.604. The molecule has 3 aromatic carbocycles. The van der Waals surface area contributed by atoms with Gasteiger partial charge in [-0.3, -0.25) is 4.79 Å². The van der Waals surface area contributed by atoms with Gasteiger partial charge in [-0.15, -0.1) is 0 Å². The molecule has 4 rings (SSSR count). The topological polar surface area (TPSA) is 111 Å². The van der Waals surface area contributed by atoms with Crippen LogP contribution < -0.4 is 5.43 Å². The molecule has 4 aromatic rings. The summed E-state index contributed by atoms with van der Waals surface area (Å²) in [4.78, 5) is 12.7. The zero-order valence-corrected chi connectivity index (χ0v) is 15.5. The first kappa shape index (κ1) is 18.4. The second-order valence-corrected chi connectivity index (χ2v) is 6.84. The lowest BCUT2D eigenvalue weighted by atomic mass is 9.89. The summed E-state index contributed by atoms with van der Waals surface area (Å²) in [5, 5.41) is 40.6. The molecule has 4 N–H and O–H groups in total. The number of fused-ring (bicyclic) bond motifs is 1. The summed E-state index contributed by atoms with van der Waals surface area (Å²) in [6, 6.07) is 15.5. The predicted octanol–water partition coefficient (Wildman–Crippen LogP) is 4.43. The SMILES string of the molecule is CC(c1ccc(O)cc1O)c1c(O)cc(O)c2c(=O)cc(-c3ccccc3)oc12. The van der Waals surface area contributed by atoms with Crippen molar-refractivity contribution in [3.8, 4) is 34.3 Å². The van der Waals surface area contributed by atoms with E-state index in [0.717, 1.165) is 6.07 Å². The Morgan fingerprint density at radius 2 is 1.55 bits per heavy atom. The van der Waals surface area contributed by atoms with Gasteiger partial charge in [0.2, 0.25) is 0 Å². The second kappa shape index (κ2) is 6.91. The molecule has 0 bridgehead atoms. The standard InChI is InChI=1S/C23H18O6/c1-12(15-8-7-14(24)9-16(15)25)21-17(26)10-18(27)22-19(28)11-20(29-23(21)22)13-5-3-2-4-6-13/h2-12,24-27H,1H3. The predicted molar refractivity (Wildman–Crippen MR) is 109 cm³/mol. The van der Waals surface area contributed by atoms with Crippen LogP contribution in [0, 0.1) is 0 Å². The van der Waals surface area contributed by atoms with Gasteiger partial charge in [0.15, 0.2) is 5.43 Å². The Morgan fingerprint density at radius 1 is 0.828 bits per heavy atom. The third kappa shape index (κ3) is 3.14. The summed E-state index contributed by atoms with van der Waals surface area (Å²) < 4.78 is 5.98. The minimum Gasteiger partial charge on any atom is -0.508 e. The minimum absolute atomic E-state index is 0.0360. The molecule has 1 heterocycles. The van der Waals surface area contributed by atoms with Crippen LogP contribution in [0.15, 0.2) is 69.9 Å². The highest BCUT2D eigenvalue weighted by Crippen LogP contribution is 2.43. The molecular weight excluding hydrogens is 372 g/mol. The number of phenols is 4. The van der Waals surface area contributed by atoms with E-state index in [1.54, 1.807) is 31.2 Å². The van der Waals surface area contributed by atoms with E-state index in [4.69, 9.17) is 4.42 Å². The van der Waals surface area contributed by atoms with Gasteiger partial charge in [-0.1, -0.05) is 43.3 Å². The van der Waals surface area contributed by atoms with Crippen LogP contribution in [0.1, 0.15) is 24.0 Å². The normalized spacial score (nSPS) is 12.2. The third-order valence-corrected chi connectivity index (χ3v) is 4.97. The summed E-state index contributed by atoms with van der Waals surface area (Å²) in [6.07, 6.45) is 0. The van der Waals surface area contributed by atoms with Crippen molar-refractivity contribution in [1.29, 1.82) is 0 Å². The lowest BCUT2D eigenvalue weighted by Crippen LogP contribution is -2.05. The first-order chi connectivity index (χ1) is 13.9. The smallest absolute Gasteiger partial charge is 0.197 e. The van der Waals surface area contributed by atoms with Gasteiger partial charge in [-0.25, -0.2) is 0 Å². The first-order valence-electron chi connectivity index (χ1n) is 8.96. The molecule has 0 radical (unpaired) electrons. The van der Waals surface area contributed by atoms with E-state index in [-0.39, 0.29) is 39.5 Å². The maximum atomic E-state index is 12.7. The van der Waals surface area contributed by atoms with Gasteiger partial charge >= 0.3 is 0 Å². The molecule has 0 saturated carbocycles. The van der Waals surface area contributed by atoms with Crippen LogP contribution in [0.2, 0.25) is 0 Å². The number of benzene rings is 3. The van der Waals surface area contributed by atoms with Crippen molar-refractivity contribution in [3.05, 3.63) is 82.0 Å². The number of hydrogen-bond acceptors (Lipinski definition) is 6. The number of phenolic OH excluding ortho intramolecular Hbond substituents is 4. The number of aromatic hydroxyl groups is 4. The Bertz CT molecular complexity index is 1270. The molecule has 0 spiro atoms. The van der Waals surface area contributed by atoms with E-state index >= 15 is 0 Å². The molecule has 0 fully saturated rings. The molecule has 146 valence electrons. The largest absolute Gasteiger partial charge is 0.508 e. The third-order valence-electron chi connectivity index (χ3n) is 4.97. The highest BCUT2D eigenvalue weighted by Gasteiger charge is 2.24. The van der Waals surface area contributed by atoms with E-state index in [1.807, 2.05) is 6.07 Å². The molecule has 6 heteroatoms. The Labute approximate surface area is 165 Å². The van der Waals surface area contributed by atoms with Gasteiger partial charge in [0.1, 0.15) is 39.7 Å². The molecule has 29 heavy (non-hydrogen) atoms. The molecule has 0 aliphatic heterocycles. The highest BCUT2D eigenvalue weighted by molar-refractivity contribution is 5.90. The summed E-state index contributed by atoms with van der Waals surface area (Å²) in [5.41, 5.74) is 0.909. The van der Waals surface area contributed by atoms with Crippen molar-refractivity contribution in [2.45, 2.75) is 12.8 Å². The Kier molecular flexibility index (Phi) is 4.39. The molecular formula is C23H18O6. The zero-order valence-electron chi connectivity index (χ0n) is 15.5. The monoisotopic (exact) mass is 390 g/mol. The summed E-state index contributed by atoms with van der Waals surface area (Å²) in [6.45, 7) is 1.72. The van der Waals surface area contributed by atoms with Crippen molar-refractivity contribution >= 4 is 11.0 Å². The Balaban J connectivity index is 2.03. The van der Waals surface area contributed by atoms with Crippen LogP contribution in [0.4, 0.5) is 0 Å². The van der Waals surface area contributed by atoms with Gasteiger partial charge in [0, 0.05) is 40.8 Å². The van der Waals surface area contributed by atoms with E-state index < -0.39 is 17.1 Å². The van der Waals surface area contributed by atoms with Gasteiger partial charge in [0.25, 0.3) is 0 Å². The Hall–Kier alpha value is -3.93. The number of hydrogen-bond donors (Lipinski definition) is 4. The van der Waals surface area contributed by atoms with E-state index in [0.29, 0.717) is 11.1 Å². The van der Waals surface area contributed by atoms with Gasteiger partial charge in [-0.05, 0) is 6.07 Å². The molecule has 1 atom stereocenters. The molecule has 1 aromatic heterocycles. The van der Waals surface area contributed by atoms with Gasteiger partial charge < -0.3 is 24.8 Å². The van der Waals surface area contributed by atoms with Crippen molar-refractivity contribution in [2.24, 2.45) is 0 Å². The maximum absolute atomic E-state index is 12.7. The molecule has 0 aliphatic carbocycles. The van der Waals surface area contributed by atoms with Crippen molar-refractivity contribution in [1.82, 2.24) is 0 Å². The molecule has 1 unspecified atom stereocenters. The zero-order chi connectivity index (χ0) is 20.7. The fraction of sp³-hybridized carbons (Fsp3) is 0.0870. The van der Waals surface area contributed by atoms with Crippen LogP contribution in [0.25, 0.3) is 22.3 Å². The van der Waals surface area contributed by atoms with Crippen molar-refractivity contribution in [2.75, 3.05) is 0 Å². The lowest BCUT2D eigenvalue weighted by molar-refractivity contribution is 0.438. The van der Waals surface area contributed by atoms with Crippen LogP contribution in [-0.2, 0) is 0 Å². The van der Waals surface area contributed by atoms with Crippen LogP contribution in [0.5, 0.6) is 23.0 Å². The van der Waals surface area contributed by atoms with E-state index in [9.17, 15) is 25.2 Å². The first-order valence-corrected chi connectivity index (χ1v) is 8.96. The van der Waals surface area contributed by atoms with Crippen LogP contribution in [-0.4, -0.2) is 20.4 Å². The van der Waals surface area contributed by atoms with Gasteiger partial charge in [0.05, 0.1) is 0 Å². The maximum Gasteiger partial charge on any atom is 0.197 e. The van der Waals surface area contributed by atoms with Crippen LogP contribution in [0.3, 0.4) is 0 Å². The second-order valence-electron chi connectivity index (χ2n) is 6.84. The molecule has 0 saturated heterocycles. The average molecular weight is 390 g/mol. The lowest BCUT2D eigenvalue weighted by Gasteiger charge is -2.18. The Morgan fingerprint density at radius 3 is 2.24 bits per heavy atom. The quantitative estimate of drug-likeness (QED) is 0.412. The summed E-state index contributed by atoms with van der Waals surface area (Å²) >= 11 is 0. The summed E-state index contributed by atoms with van der Waals surface area (Å²) in [7, 11) is 0.